The molecule has 0 heterocycles. The van der Waals surface area contributed by atoms with Crippen LogP contribution in [0.1, 0.15) is 13.8 Å². The van der Waals surface area contributed by atoms with Crippen LogP contribution in [0.25, 0.3) is 0 Å². The molecular weight excluding hydrogens is 82.0 g/mol. The maximum Gasteiger partial charge on any atom is 0.126 e. The Balaban J connectivity index is 0. The molecule has 0 aromatic carbocycles. The van der Waals surface area contributed by atoms with Gasteiger partial charge in [-0.25, -0.2) is 0 Å². The maximum atomic E-state index is 9.44. The van der Waals surface area contributed by atoms with E-state index in [2.05, 4.69) is 5.59 Å². The van der Waals surface area contributed by atoms with E-state index in [1.807, 2.05) is 0 Å². The lowest BCUT2D eigenvalue weighted by Crippen LogP contribution is -1.69. The fourth-order valence-corrected chi connectivity index (χ4v) is 0. The summed E-state index contributed by atoms with van der Waals surface area (Å²) < 4.78 is 0. The summed E-state index contributed by atoms with van der Waals surface area (Å²) in [4.78, 5) is 16.9. The Hall–Kier alpha value is -0.730. The summed E-state index contributed by atoms with van der Waals surface area (Å²) in [5, 5.41) is 0. The minimum atomic E-state index is 0.167. The van der Waals surface area contributed by atoms with Gasteiger partial charge in [0.1, 0.15) is 5.78 Å². The lowest BCUT2D eigenvalue weighted by atomic mass is 10.6. The summed E-state index contributed by atoms with van der Waals surface area (Å²) >= 11 is 0. The predicted molar refractivity (Wildman–Crippen MR) is 22.4 cm³/mol. The van der Waals surface area contributed by atoms with E-state index in [-0.39, 0.29) is 5.78 Å². The highest BCUT2D eigenvalue weighted by Gasteiger charge is 1.62. The van der Waals surface area contributed by atoms with Crippen LogP contribution in [0, 0.1) is 10.5 Å². The molecule has 6 heavy (non-hydrogen) atoms. The Morgan fingerprint density at radius 2 is 1.33 bits per heavy atom. The van der Waals surface area contributed by atoms with E-state index in [1.54, 1.807) is 0 Å². The first-order valence-corrected chi connectivity index (χ1v) is 1.41. The molecule has 36 valence electrons. The number of nitroso groups, excluding NO2 is 1. The van der Waals surface area contributed by atoms with Gasteiger partial charge in [0, 0.05) is 0 Å². The Morgan fingerprint density at radius 1 is 1.33 bits per heavy atom. The zero-order valence-corrected chi connectivity index (χ0v) is 3.82. The van der Waals surface area contributed by atoms with Gasteiger partial charge in [0.05, 0.1) is 0 Å². The van der Waals surface area contributed by atoms with Crippen LogP contribution in [-0.4, -0.2) is 5.78 Å². The molecule has 0 spiro atoms. The van der Waals surface area contributed by atoms with Crippen molar-refractivity contribution >= 4 is 5.78 Å². The number of Topliss-reactive ketones (excluding diaryl/α,β-unsaturated/α-hetero) is 1. The molecule has 0 aliphatic heterocycles. The lowest BCUT2D eigenvalue weighted by molar-refractivity contribution is -0.114. The molecule has 0 aliphatic rings. The Labute approximate surface area is 36.1 Å². The van der Waals surface area contributed by atoms with Crippen LogP contribution in [0.5, 0.6) is 0 Å². The van der Waals surface area contributed by atoms with Crippen molar-refractivity contribution in [1.82, 2.24) is 0 Å². The third-order valence-corrected chi connectivity index (χ3v) is 0. The van der Waals surface area contributed by atoms with Gasteiger partial charge < -0.3 is 4.79 Å². The van der Waals surface area contributed by atoms with E-state index in [4.69, 9.17) is 4.91 Å². The van der Waals surface area contributed by atoms with Crippen molar-refractivity contribution < 1.29 is 4.79 Å². The van der Waals surface area contributed by atoms with Crippen LogP contribution in [0.4, 0.5) is 0 Å². The fraction of sp³-hybridized carbons (Fsp3) is 0.667. The van der Waals surface area contributed by atoms with Gasteiger partial charge in [-0.2, -0.15) is 4.91 Å². The second kappa shape index (κ2) is 8.86. The number of rotatable bonds is 0. The first-order valence-electron chi connectivity index (χ1n) is 1.41. The zero-order valence-electron chi connectivity index (χ0n) is 3.82. The number of ketones is 1. The summed E-state index contributed by atoms with van der Waals surface area (Å²) in [5.74, 6) is 0.167. The van der Waals surface area contributed by atoms with E-state index >= 15 is 0 Å². The molecule has 0 fully saturated rings. The molecule has 0 saturated carbocycles. The van der Waals surface area contributed by atoms with Gasteiger partial charge in [0.15, 0.2) is 0 Å². The largest absolute Gasteiger partial charge is 0.300 e. The molecule has 3 heteroatoms. The number of carbonyl (C=O) groups is 1. The number of hydrogen-bond donors (Lipinski definition) is 1. The molecule has 0 aromatic rings. The standard InChI is InChI=1S/C3H6O.HNO/c1-3(2)4;1-2/h1-2H3;1H. The van der Waals surface area contributed by atoms with E-state index in [1.165, 1.54) is 13.8 Å². The molecule has 0 aliphatic carbocycles. The molecule has 0 radical (unpaired) electrons. The molecule has 3 nitrogen and oxygen atoms in total. The average Bonchev–Trinajstić information content (AvgIpc) is 1.41. The molecular formula is C3H7NO2. The fourth-order valence-electron chi connectivity index (χ4n) is 0. The van der Waals surface area contributed by atoms with Crippen LogP contribution in [0.3, 0.4) is 0 Å². The van der Waals surface area contributed by atoms with Gasteiger partial charge in [-0.15, -0.1) is 0 Å². The SMILES string of the molecule is CC(C)=O.N=O. The van der Waals surface area contributed by atoms with Crippen LogP contribution in [0.15, 0.2) is 0 Å². The van der Waals surface area contributed by atoms with Crippen LogP contribution in [-0.2, 0) is 4.79 Å². The van der Waals surface area contributed by atoms with Gasteiger partial charge in [-0.05, 0) is 13.8 Å². The van der Waals surface area contributed by atoms with Crippen molar-refractivity contribution in [3.8, 4) is 0 Å². The van der Waals surface area contributed by atoms with Crippen molar-refractivity contribution in [3.63, 3.8) is 0 Å². The first kappa shape index (κ1) is 8.99. The molecule has 0 atom stereocenters. The first-order chi connectivity index (χ1) is 2.73. The highest BCUT2D eigenvalue weighted by Crippen LogP contribution is 1.50. The van der Waals surface area contributed by atoms with Crippen molar-refractivity contribution in [2.24, 2.45) is 0 Å². The maximum absolute atomic E-state index is 9.44. The van der Waals surface area contributed by atoms with Crippen molar-refractivity contribution in [2.75, 3.05) is 0 Å². The third kappa shape index (κ3) is 31.6. The van der Waals surface area contributed by atoms with Gasteiger partial charge in [-0.3, -0.25) is 0 Å². The predicted octanol–water partition coefficient (Wildman–Crippen LogP) is 0.927. The monoisotopic (exact) mass is 89.0 g/mol. The molecule has 0 amide bonds. The normalized spacial score (nSPS) is 5.00. The quantitative estimate of drug-likeness (QED) is 0.449. The highest BCUT2D eigenvalue weighted by atomic mass is 16.2. The molecule has 0 rings (SSSR count). The minimum Gasteiger partial charge on any atom is -0.300 e. The van der Waals surface area contributed by atoms with E-state index in [0.717, 1.165) is 0 Å². The molecule has 0 saturated heterocycles. The summed E-state index contributed by atoms with van der Waals surface area (Å²) in [6, 6.07) is 0. The van der Waals surface area contributed by atoms with Crippen LogP contribution >= 0.6 is 0 Å². The topological polar surface area (TPSA) is 58.0 Å². The van der Waals surface area contributed by atoms with E-state index in [9.17, 15) is 4.79 Å². The Kier molecular flexibility index (Phi) is 13.3. The highest BCUT2D eigenvalue weighted by molar-refractivity contribution is 5.72. The van der Waals surface area contributed by atoms with Crippen molar-refractivity contribution in [1.29, 1.82) is 5.59 Å². The van der Waals surface area contributed by atoms with Crippen molar-refractivity contribution in [3.05, 3.63) is 4.91 Å². The van der Waals surface area contributed by atoms with Crippen LogP contribution in [0.2, 0.25) is 0 Å². The van der Waals surface area contributed by atoms with Gasteiger partial charge in [-0.1, -0.05) is 5.59 Å². The number of nitrogens with one attached hydrogen (secondary N) is 1. The second-order valence-electron chi connectivity index (χ2n) is 0.908. The molecule has 0 unspecified atom stereocenters. The van der Waals surface area contributed by atoms with Gasteiger partial charge >= 0.3 is 0 Å². The smallest absolute Gasteiger partial charge is 0.126 e. The van der Waals surface area contributed by atoms with Gasteiger partial charge in [0.25, 0.3) is 0 Å². The summed E-state index contributed by atoms with van der Waals surface area (Å²) in [7, 11) is 0. The summed E-state index contributed by atoms with van der Waals surface area (Å²) in [5.41, 5.74) is 4.50. The summed E-state index contributed by atoms with van der Waals surface area (Å²) in [6.45, 7) is 3.06. The van der Waals surface area contributed by atoms with E-state index < -0.39 is 0 Å². The Bertz CT molecular complexity index is 40.1. The zero-order chi connectivity index (χ0) is 5.58. The Morgan fingerprint density at radius 3 is 1.33 bits per heavy atom. The molecule has 0 bridgehead atoms. The molecule has 0 aromatic heterocycles. The second-order valence-corrected chi connectivity index (χ2v) is 0.908. The average molecular weight is 89.1 g/mol. The van der Waals surface area contributed by atoms with Gasteiger partial charge in [0.2, 0.25) is 0 Å². The van der Waals surface area contributed by atoms with E-state index in [0.29, 0.717) is 0 Å². The third-order valence-electron chi connectivity index (χ3n) is 0. The lowest BCUT2D eigenvalue weighted by Gasteiger charge is -1.56. The molecule has 1 N–H and O–H groups in total. The minimum absolute atomic E-state index is 0.167. The summed E-state index contributed by atoms with van der Waals surface area (Å²) in [6.07, 6.45) is 0. The number of hydrogen-bond acceptors (Lipinski definition) is 3. The van der Waals surface area contributed by atoms with Crippen molar-refractivity contribution in [2.45, 2.75) is 13.8 Å². The van der Waals surface area contributed by atoms with Crippen LogP contribution < -0.4 is 0 Å². The number of carbonyl (C=O) groups excluding carboxylic acids is 1.